The molecule has 2 rings (SSSR count). The van der Waals surface area contributed by atoms with Crippen molar-refractivity contribution in [3.8, 4) is 0 Å². The fourth-order valence-electron chi connectivity index (χ4n) is 1.53. The standard InChI is InChI=1S/C11H8BrF2N3O/c1-5-3-6(8(14)4-7(5)13)10(18)9-11(12)15-16-17(9)2/h3-4H,1-2H3. The van der Waals surface area contributed by atoms with Gasteiger partial charge in [-0.25, -0.2) is 13.5 Å². The average Bonchev–Trinajstić information content (AvgIpc) is 2.63. The molecular formula is C11H8BrF2N3O. The number of hydrogen-bond acceptors (Lipinski definition) is 3. The number of ketones is 1. The fraction of sp³-hybridized carbons (Fsp3) is 0.182. The Hall–Kier alpha value is -1.63. The van der Waals surface area contributed by atoms with Crippen LogP contribution in [-0.2, 0) is 7.05 Å². The highest BCUT2D eigenvalue weighted by Gasteiger charge is 2.22. The molecule has 0 aliphatic carbocycles. The molecule has 1 heterocycles. The summed E-state index contributed by atoms with van der Waals surface area (Å²) in [6.07, 6.45) is 0. The minimum atomic E-state index is -0.906. The zero-order valence-electron chi connectivity index (χ0n) is 9.54. The number of rotatable bonds is 2. The predicted molar refractivity (Wildman–Crippen MR) is 63.2 cm³/mol. The molecule has 1 aromatic carbocycles. The number of aromatic nitrogens is 3. The lowest BCUT2D eigenvalue weighted by molar-refractivity contribution is 0.102. The fourth-order valence-corrected chi connectivity index (χ4v) is 2.04. The Labute approximate surface area is 110 Å². The normalized spacial score (nSPS) is 10.7. The minimum Gasteiger partial charge on any atom is -0.287 e. The molecule has 94 valence electrons. The maximum absolute atomic E-state index is 13.6. The number of aryl methyl sites for hydroxylation is 2. The summed E-state index contributed by atoms with van der Waals surface area (Å²) in [5, 5.41) is 7.28. The number of benzene rings is 1. The molecule has 18 heavy (non-hydrogen) atoms. The summed E-state index contributed by atoms with van der Waals surface area (Å²) in [5.74, 6) is -2.20. The molecular weight excluding hydrogens is 308 g/mol. The molecule has 0 bridgehead atoms. The summed E-state index contributed by atoms with van der Waals surface area (Å²) in [6.45, 7) is 1.46. The van der Waals surface area contributed by atoms with Gasteiger partial charge in [-0.1, -0.05) is 5.21 Å². The van der Waals surface area contributed by atoms with Crippen molar-refractivity contribution in [2.24, 2.45) is 7.05 Å². The maximum atomic E-state index is 13.6. The van der Waals surface area contributed by atoms with E-state index in [1.54, 1.807) is 0 Å². The number of carbonyl (C=O) groups excluding carboxylic acids is 1. The Balaban J connectivity index is 2.57. The average molecular weight is 316 g/mol. The highest BCUT2D eigenvalue weighted by Crippen LogP contribution is 2.21. The second kappa shape index (κ2) is 4.56. The Morgan fingerprint density at radius 1 is 1.33 bits per heavy atom. The van der Waals surface area contributed by atoms with Crippen molar-refractivity contribution in [3.63, 3.8) is 0 Å². The first-order chi connectivity index (χ1) is 8.41. The van der Waals surface area contributed by atoms with Crippen LogP contribution in [0.5, 0.6) is 0 Å². The van der Waals surface area contributed by atoms with Crippen LogP contribution in [0.15, 0.2) is 16.7 Å². The monoisotopic (exact) mass is 315 g/mol. The Kier molecular flexibility index (Phi) is 3.25. The van der Waals surface area contributed by atoms with Gasteiger partial charge in [0.25, 0.3) is 0 Å². The summed E-state index contributed by atoms with van der Waals surface area (Å²) < 4.78 is 28.2. The van der Waals surface area contributed by atoms with Gasteiger partial charge >= 0.3 is 0 Å². The summed E-state index contributed by atoms with van der Waals surface area (Å²) in [4.78, 5) is 12.1. The van der Waals surface area contributed by atoms with Gasteiger partial charge in [-0.05, 0) is 34.5 Å². The van der Waals surface area contributed by atoms with Crippen LogP contribution in [0.25, 0.3) is 0 Å². The second-order valence-electron chi connectivity index (χ2n) is 3.76. The zero-order chi connectivity index (χ0) is 13.4. The Morgan fingerprint density at radius 2 is 2.00 bits per heavy atom. The smallest absolute Gasteiger partial charge is 0.216 e. The lowest BCUT2D eigenvalue weighted by Gasteiger charge is -2.05. The molecule has 0 aliphatic rings. The third-order valence-corrected chi connectivity index (χ3v) is 3.03. The van der Waals surface area contributed by atoms with Crippen molar-refractivity contribution in [2.75, 3.05) is 0 Å². The van der Waals surface area contributed by atoms with Crippen LogP contribution in [0, 0.1) is 18.6 Å². The van der Waals surface area contributed by atoms with Gasteiger partial charge in [0.05, 0.1) is 5.56 Å². The van der Waals surface area contributed by atoms with Crippen LogP contribution in [-0.4, -0.2) is 20.8 Å². The summed E-state index contributed by atoms with van der Waals surface area (Å²) in [7, 11) is 1.51. The van der Waals surface area contributed by atoms with Gasteiger partial charge in [-0.3, -0.25) is 4.79 Å². The largest absolute Gasteiger partial charge is 0.287 e. The molecule has 0 unspecified atom stereocenters. The van der Waals surface area contributed by atoms with E-state index < -0.39 is 17.4 Å². The van der Waals surface area contributed by atoms with E-state index in [1.807, 2.05) is 0 Å². The Bertz CT molecular complexity index is 620. The van der Waals surface area contributed by atoms with E-state index in [1.165, 1.54) is 24.7 Å². The molecule has 1 aromatic heterocycles. The van der Waals surface area contributed by atoms with Crippen molar-refractivity contribution >= 4 is 21.7 Å². The maximum Gasteiger partial charge on any atom is 0.216 e. The topological polar surface area (TPSA) is 47.8 Å². The molecule has 2 aromatic rings. The van der Waals surface area contributed by atoms with Crippen LogP contribution in [0.2, 0.25) is 0 Å². The highest BCUT2D eigenvalue weighted by atomic mass is 79.9. The molecule has 7 heteroatoms. The molecule has 0 saturated heterocycles. The van der Waals surface area contributed by atoms with Gasteiger partial charge in [0.15, 0.2) is 4.60 Å². The number of carbonyl (C=O) groups is 1. The first-order valence-corrected chi connectivity index (χ1v) is 5.76. The molecule has 0 N–H and O–H groups in total. The summed E-state index contributed by atoms with van der Waals surface area (Å²) >= 11 is 3.06. The first kappa shape index (κ1) is 12.8. The summed E-state index contributed by atoms with van der Waals surface area (Å²) in [5.41, 5.74) is 0.103. The predicted octanol–water partition coefficient (Wildman–Crippen LogP) is 2.40. The molecule has 0 atom stereocenters. The lowest BCUT2D eigenvalue weighted by Crippen LogP contribution is -2.11. The van der Waals surface area contributed by atoms with Crippen molar-refractivity contribution in [2.45, 2.75) is 6.92 Å². The number of nitrogens with zero attached hydrogens (tertiary/aromatic N) is 3. The quantitative estimate of drug-likeness (QED) is 0.799. The molecule has 0 fully saturated rings. The number of halogens is 3. The van der Waals surface area contributed by atoms with Crippen LogP contribution >= 0.6 is 15.9 Å². The third kappa shape index (κ3) is 2.05. The third-order valence-electron chi connectivity index (χ3n) is 2.49. The van der Waals surface area contributed by atoms with Gasteiger partial charge in [-0.15, -0.1) is 5.10 Å². The van der Waals surface area contributed by atoms with E-state index >= 15 is 0 Å². The van der Waals surface area contributed by atoms with E-state index in [0.29, 0.717) is 6.07 Å². The SMILES string of the molecule is Cc1cc(C(=O)c2c(Br)nnn2C)c(F)cc1F. The van der Waals surface area contributed by atoms with Crippen LogP contribution in [0.1, 0.15) is 21.6 Å². The van der Waals surface area contributed by atoms with Gasteiger partial charge in [0.1, 0.15) is 17.3 Å². The minimum absolute atomic E-state index is 0.111. The van der Waals surface area contributed by atoms with Gasteiger partial charge in [0, 0.05) is 13.1 Å². The van der Waals surface area contributed by atoms with Crippen LogP contribution in [0.4, 0.5) is 8.78 Å². The van der Waals surface area contributed by atoms with Crippen LogP contribution in [0.3, 0.4) is 0 Å². The summed E-state index contributed by atoms with van der Waals surface area (Å²) in [6, 6.07) is 1.87. The first-order valence-electron chi connectivity index (χ1n) is 4.97. The van der Waals surface area contributed by atoms with E-state index in [2.05, 4.69) is 26.2 Å². The van der Waals surface area contributed by atoms with E-state index in [9.17, 15) is 13.6 Å². The van der Waals surface area contributed by atoms with E-state index in [4.69, 9.17) is 0 Å². The van der Waals surface area contributed by atoms with Gasteiger partial charge in [-0.2, -0.15) is 0 Å². The van der Waals surface area contributed by atoms with Crippen molar-refractivity contribution in [1.82, 2.24) is 15.0 Å². The van der Waals surface area contributed by atoms with Gasteiger partial charge in [0.2, 0.25) is 5.78 Å². The highest BCUT2D eigenvalue weighted by molar-refractivity contribution is 9.10. The van der Waals surface area contributed by atoms with Crippen molar-refractivity contribution in [3.05, 3.63) is 45.2 Å². The lowest BCUT2D eigenvalue weighted by atomic mass is 10.0. The molecule has 0 spiro atoms. The second-order valence-corrected chi connectivity index (χ2v) is 4.51. The number of hydrogen-bond donors (Lipinski definition) is 0. The van der Waals surface area contributed by atoms with E-state index in [-0.39, 0.29) is 21.4 Å². The molecule has 0 aliphatic heterocycles. The van der Waals surface area contributed by atoms with Gasteiger partial charge < -0.3 is 0 Å². The Morgan fingerprint density at radius 3 is 2.56 bits per heavy atom. The molecule has 0 saturated carbocycles. The van der Waals surface area contributed by atoms with E-state index in [0.717, 1.165) is 0 Å². The molecule has 0 radical (unpaired) electrons. The zero-order valence-corrected chi connectivity index (χ0v) is 11.1. The molecule has 0 amide bonds. The van der Waals surface area contributed by atoms with Crippen LogP contribution < -0.4 is 0 Å². The van der Waals surface area contributed by atoms with Crippen molar-refractivity contribution in [1.29, 1.82) is 0 Å². The molecule has 4 nitrogen and oxygen atoms in total. The van der Waals surface area contributed by atoms with Crippen molar-refractivity contribution < 1.29 is 13.6 Å².